The van der Waals surface area contributed by atoms with Crippen LogP contribution in [0, 0.1) is 11.3 Å². The second-order valence-electron chi connectivity index (χ2n) is 3.00. The van der Waals surface area contributed by atoms with E-state index in [9.17, 15) is 0 Å². The van der Waals surface area contributed by atoms with Crippen molar-refractivity contribution in [3.8, 4) is 6.07 Å². The third kappa shape index (κ3) is 2.57. The molecule has 0 bridgehead atoms. The average molecular weight is 193 g/mol. The van der Waals surface area contributed by atoms with E-state index in [4.69, 9.17) is 10.00 Å². The number of hydrogen-bond donors (Lipinski definition) is 0. The monoisotopic (exact) mass is 193 g/mol. The molecule has 1 atom stereocenters. The molecule has 1 aromatic heterocycles. The summed E-state index contributed by atoms with van der Waals surface area (Å²) in [5, 5.41) is 13.0. The van der Waals surface area contributed by atoms with E-state index in [0.717, 1.165) is 18.5 Å². The van der Waals surface area contributed by atoms with Crippen LogP contribution in [0.5, 0.6) is 0 Å². The van der Waals surface area contributed by atoms with Gasteiger partial charge in [0.15, 0.2) is 6.10 Å². The van der Waals surface area contributed by atoms with Crippen molar-refractivity contribution < 1.29 is 4.74 Å². The van der Waals surface area contributed by atoms with Crippen LogP contribution >= 0.6 is 0 Å². The zero-order chi connectivity index (χ0) is 10.4. The predicted octanol–water partition coefficient (Wildman–Crippen LogP) is 1.89. The minimum Gasteiger partial charge on any atom is -0.359 e. The van der Waals surface area contributed by atoms with Crippen molar-refractivity contribution in [3.05, 3.63) is 18.0 Å². The summed E-state index contributed by atoms with van der Waals surface area (Å²) in [6, 6.07) is 2.10. The minimum absolute atomic E-state index is 0.481. The van der Waals surface area contributed by atoms with E-state index in [1.807, 2.05) is 17.8 Å². The quantitative estimate of drug-likeness (QED) is 0.717. The molecule has 0 spiro atoms. The van der Waals surface area contributed by atoms with Crippen LogP contribution in [0.25, 0.3) is 0 Å². The number of aromatic nitrogens is 2. The second-order valence-corrected chi connectivity index (χ2v) is 3.00. The predicted molar refractivity (Wildman–Crippen MR) is 52.5 cm³/mol. The molecule has 0 saturated heterocycles. The zero-order valence-corrected chi connectivity index (χ0v) is 8.60. The fourth-order valence-corrected chi connectivity index (χ4v) is 1.24. The Morgan fingerprint density at radius 3 is 3.00 bits per heavy atom. The number of hydrogen-bond acceptors (Lipinski definition) is 3. The Labute approximate surface area is 84.1 Å². The van der Waals surface area contributed by atoms with Gasteiger partial charge in [-0.1, -0.05) is 6.92 Å². The van der Waals surface area contributed by atoms with E-state index in [0.29, 0.717) is 6.61 Å². The van der Waals surface area contributed by atoms with Crippen LogP contribution in [-0.4, -0.2) is 16.4 Å². The maximum Gasteiger partial charge on any atom is 0.172 e. The van der Waals surface area contributed by atoms with Gasteiger partial charge in [0.25, 0.3) is 0 Å². The van der Waals surface area contributed by atoms with Gasteiger partial charge < -0.3 is 4.74 Å². The molecule has 1 unspecified atom stereocenters. The summed E-state index contributed by atoms with van der Waals surface area (Å²) in [5.74, 6) is 0. The van der Waals surface area contributed by atoms with E-state index in [-0.39, 0.29) is 0 Å². The standard InChI is InChI=1S/C10H15N3O/c1-3-5-13-8-9(7-12-13)10(6-11)14-4-2/h7-8,10H,3-5H2,1-2H3. The molecule has 1 rings (SSSR count). The maximum absolute atomic E-state index is 8.84. The molecule has 0 amide bonds. The van der Waals surface area contributed by atoms with Crippen LogP contribution in [-0.2, 0) is 11.3 Å². The Kier molecular flexibility index (Phi) is 4.14. The number of ether oxygens (including phenoxy) is 1. The van der Waals surface area contributed by atoms with E-state index in [2.05, 4.69) is 18.1 Å². The SMILES string of the molecule is CCCn1cc(C(C#N)OCC)cn1. The Hall–Kier alpha value is -1.34. The molecule has 0 aliphatic rings. The lowest BCUT2D eigenvalue weighted by molar-refractivity contribution is 0.102. The summed E-state index contributed by atoms with van der Waals surface area (Å²) in [5.41, 5.74) is 0.836. The first-order chi connectivity index (χ1) is 6.81. The zero-order valence-electron chi connectivity index (χ0n) is 8.60. The number of aryl methyl sites for hydroxylation is 1. The molecule has 0 aliphatic carbocycles. The van der Waals surface area contributed by atoms with Crippen LogP contribution in [0.4, 0.5) is 0 Å². The minimum atomic E-state index is -0.481. The van der Waals surface area contributed by atoms with E-state index in [1.165, 1.54) is 0 Å². The molecule has 0 aromatic carbocycles. The van der Waals surface area contributed by atoms with Gasteiger partial charge in [-0.2, -0.15) is 10.4 Å². The van der Waals surface area contributed by atoms with E-state index >= 15 is 0 Å². The van der Waals surface area contributed by atoms with Crippen molar-refractivity contribution >= 4 is 0 Å². The first-order valence-corrected chi connectivity index (χ1v) is 4.85. The number of rotatable bonds is 5. The molecule has 0 aliphatic heterocycles. The van der Waals surface area contributed by atoms with Crippen molar-refractivity contribution in [3.63, 3.8) is 0 Å². The Balaban J connectivity index is 2.69. The maximum atomic E-state index is 8.84. The third-order valence-electron chi connectivity index (χ3n) is 1.86. The van der Waals surface area contributed by atoms with E-state index < -0.39 is 6.10 Å². The van der Waals surface area contributed by atoms with Crippen molar-refractivity contribution in [1.82, 2.24) is 9.78 Å². The molecule has 76 valence electrons. The first kappa shape index (κ1) is 10.7. The fourth-order valence-electron chi connectivity index (χ4n) is 1.24. The van der Waals surface area contributed by atoms with Gasteiger partial charge in [-0.3, -0.25) is 4.68 Å². The summed E-state index contributed by atoms with van der Waals surface area (Å²) in [4.78, 5) is 0. The summed E-state index contributed by atoms with van der Waals surface area (Å²) < 4.78 is 7.09. The second kappa shape index (κ2) is 5.40. The van der Waals surface area contributed by atoms with Crippen LogP contribution in [0.1, 0.15) is 31.9 Å². The third-order valence-corrected chi connectivity index (χ3v) is 1.86. The molecule has 14 heavy (non-hydrogen) atoms. The van der Waals surface area contributed by atoms with Gasteiger partial charge >= 0.3 is 0 Å². The van der Waals surface area contributed by atoms with Gasteiger partial charge in [-0.15, -0.1) is 0 Å². The molecule has 0 saturated carbocycles. The molecule has 0 radical (unpaired) electrons. The molecular formula is C10H15N3O. The van der Waals surface area contributed by atoms with E-state index in [1.54, 1.807) is 6.20 Å². The molecule has 1 heterocycles. The summed E-state index contributed by atoms with van der Waals surface area (Å²) in [7, 11) is 0. The molecule has 4 nitrogen and oxygen atoms in total. The van der Waals surface area contributed by atoms with Crippen LogP contribution < -0.4 is 0 Å². The van der Waals surface area contributed by atoms with Gasteiger partial charge in [0, 0.05) is 24.9 Å². The topological polar surface area (TPSA) is 50.8 Å². The summed E-state index contributed by atoms with van der Waals surface area (Å²) >= 11 is 0. The lowest BCUT2D eigenvalue weighted by Crippen LogP contribution is -2.00. The highest BCUT2D eigenvalue weighted by atomic mass is 16.5. The van der Waals surface area contributed by atoms with Crippen LogP contribution in [0.3, 0.4) is 0 Å². The highest BCUT2D eigenvalue weighted by Gasteiger charge is 2.11. The van der Waals surface area contributed by atoms with Crippen molar-refractivity contribution in [1.29, 1.82) is 5.26 Å². The van der Waals surface area contributed by atoms with Crippen molar-refractivity contribution in [2.45, 2.75) is 32.9 Å². The molecule has 0 fully saturated rings. The molecule has 4 heteroatoms. The van der Waals surface area contributed by atoms with Crippen LogP contribution in [0.2, 0.25) is 0 Å². The number of nitriles is 1. The highest BCUT2D eigenvalue weighted by molar-refractivity contribution is 5.15. The number of nitrogens with zero attached hydrogens (tertiary/aromatic N) is 3. The summed E-state index contributed by atoms with van der Waals surface area (Å²) in [6.45, 7) is 5.38. The lowest BCUT2D eigenvalue weighted by Gasteiger charge is -2.05. The average Bonchev–Trinajstić information content (AvgIpc) is 2.63. The fraction of sp³-hybridized carbons (Fsp3) is 0.600. The van der Waals surface area contributed by atoms with Gasteiger partial charge in [-0.05, 0) is 13.3 Å². The van der Waals surface area contributed by atoms with Crippen molar-refractivity contribution in [2.75, 3.05) is 6.61 Å². The summed E-state index contributed by atoms with van der Waals surface area (Å²) in [6.07, 6.45) is 4.12. The first-order valence-electron chi connectivity index (χ1n) is 4.85. The molecule has 1 aromatic rings. The highest BCUT2D eigenvalue weighted by Crippen LogP contribution is 2.15. The lowest BCUT2D eigenvalue weighted by atomic mass is 10.2. The van der Waals surface area contributed by atoms with Gasteiger partial charge in [-0.25, -0.2) is 0 Å². The van der Waals surface area contributed by atoms with Gasteiger partial charge in [0.1, 0.15) is 0 Å². The molecule has 0 N–H and O–H groups in total. The van der Waals surface area contributed by atoms with Crippen molar-refractivity contribution in [2.24, 2.45) is 0 Å². The Morgan fingerprint density at radius 2 is 2.43 bits per heavy atom. The molecular weight excluding hydrogens is 178 g/mol. The largest absolute Gasteiger partial charge is 0.359 e. The smallest absolute Gasteiger partial charge is 0.172 e. The van der Waals surface area contributed by atoms with Gasteiger partial charge in [0.2, 0.25) is 0 Å². The normalized spacial score (nSPS) is 12.4. The van der Waals surface area contributed by atoms with Crippen LogP contribution in [0.15, 0.2) is 12.4 Å². The Morgan fingerprint density at radius 1 is 1.64 bits per heavy atom. The van der Waals surface area contributed by atoms with Gasteiger partial charge in [0.05, 0.1) is 12.3 Å². The Bertz CT molecular complexity index is 313.